The van der Waals surface area contributed by atoms with Crippen LogP contribution in [0.25, 0.3) is 0 Å². The molecule has 0 saturated carbocycles. The van der Waals surface area contributed by atoms with E-state index >= 15 is 0 Å². The lowest BCUT2D eigenvalue weighted by molar-refractivity contribution is -0.138. The molecule has 2 N–H and O–H groups in total. The number of aromatic hydroxyl groups is 2. The lowest BCUT2D eigenvalue weighted by Crippen LogP contribution is -2.08. The Morgan fingerprint density at radius 3 is 1.31 bits per heavy atom. The maximum absolute atomic E-state index is 13.2. The standard InChI is InChI=1S/C25H28F6N2O2/c1-14(2)20-10-18(24(26,27)28)8-16(22(20)34)12-32-6-5-7-33-13-17-9-19(25(29,30)31)11-21(15(3)4)23(17)35/h8-15,34-35H,5-7H2,1-4H3. The maximum atomic E-state index is 13.2. The molecule has 192 valence electrons. The number of aliphatic imine (C=N–C) groups is 2. The highest BCUT2D eigenvalue weighted by Crippen LogP contribution is 2.38. The summed E-state index contributed by atoms with van der Waals surface area (Å²) in [7, 11) is 0. The van der Waals surface area contributed by atoms with Crippen molar-refractivity contribution in [1.82, 2.24) is 0 Å². The number of alkyl halides is 6. The SMILES string of the molecule is CC(C)c1cc(C(F)(F)F)cc(C=NCCCN=Cc2cc(C(F)(F)F)cc(C(C)C)c2O)c1O. The molecule has 0 atom stereocenters. The quantitative estimate of drug-likeness (QED) is 0.226. The van der Waals surface area contributed by atoms with Gasteiger partial charge in [0.1, 0.15) is 11.5 Å². The Morgan fingerprint density at radius 1 is 0.686 bits per heavy atom. The van der Waals surface area contributed by atoms with Crippen LogP contribution in [0.3, 0.4) is 0 Å². The van der Waals surface area contributed by atoms with E-state index in [1.165, 1.54) is 0 Å². The second kappa shape index (κ2) is 11.1. The lowest BCUT2D eigenvalue weighted by Gasteiger charge is -2.15. The Bertz CT molecular complexity index is 1000. The van der Waals surface area contributed by atoms with Gasteiger partial charge >= 0.3 is 12.4 Å². The third kappa shape index (κ3) is 7.47. The molecular formula is C25H28F6N2O2. The number of phenols is 2. The highest BCUT2D eigenvalue weighted by Gasteiger charge is 2.33. The van der Waals surface area contributed by atoms with Crippen molar-refractivity contribution in [3.63, 3.8) is 0 Å². The summed E-state index contributed by atoms with van der Waals surface area (Å²) in [6.07, 6.45) is -6.47. The predicted molar refractivity (Wildman–Crippen MR) is 124 cm³/mol. The van der Waals surface area contributed by atoms with E-state index in [2.05, 4.69) is 9.98 Å². The van der Waals surface area contributed by atoms with Gasteiger partial charge in [-0.3, -0.25) is 9.98 Å². The number of rotatable bonds is 8. The molecular weight excluding hydrogens is 474 g/mol. The molecule has 10 heteroatoms. The zero-order valence-corrected chi connectivity index (χ0v) is 19.8. The minimum atomic E-state index is -4.57. The molecule has 2 rings (SSSR count). The molecule has 0 amide bonds. The van der Waals surface area contributed by atoms with Crippen LogP contribution in [0.2, 0.25) is 0 Å². The first kappa shape index (κ1) is 28.2. The van der Waals surface area contributed by atoms with Crippen LogP contribution in [-0.4, -0.2) is 35.7 Å². The van der Waals surface area contributed by atoms with Crippen LogP contribution in [0.15, 0.2) is 34.3 Å². The molecule has 0 bridgehead atoms. The van der Waals surface area contributed by atoms with Gasteiger partial charge in [-0.1, -0.05) is 27.7 Å². The Morgan fingerprint density at radius 2 is 1.03 bits per heavy atom. The summed E-state index contributed by atoms with van der Waals surface area (Å²) in [6.45, 7) is 6.99. The molecule has 0 aliphatic rings. The number of benzene rings is 2. The van der Waals surface area contributed by atoms with E-state index in [0.29, 0.717) is 6.42 Å². The molecule has 0 spiro atoms. The lowest BCUT2D eigenvalue weighted by atomic mass is 9.96. The molecule has 0 saturated heterocycles. The minimum absolute atomic E-state index is 0.0536. The largest absolute Gasteiger partial charge is 0.507 e. The van der Waals surface area contributed by atoms with Crippen molar-refractivity contribution in [3.8, 4) is 11.5 Å². The molecule has 4 nitrogen and oxygen atoms in total. The minimum Gasteiger partial charge on any atom is -0.507 e. The molecule has 0 unspecified atom stereocenters. The maximum Gasteiger partial charge on any atom is 0.416 e. The number of hydrogen-bond donors (Lipinski definition) is 2. The summed E-state index contributed by atoms with van der Waals surface area (Å²) < 4.78 is 79.1. The van der Waals surface area contributed by atoms with Crippen LogP contribution in [0.4, 0.5) is 26.3 Å². The Hall–Kier alpha value is -3.04. The van der Waals surface area contributed by atoms with Gasteiger partial charge in [-0.2, -0.15) is 26.3 Å². The van der Waals surface area contributed by atoms with E-state index < -0.39 is 23.5 Å². The van der Waals surface area contributed by atoms with Crippen LogP contribution >= 0.6 is 0 Å². The van der Waals surface area contributed by atoms with Crippen molar-refractivity contribution in [2.45, 2.75) is 58.3 Å². The first-order chi connectivity index (χ1) is 16.1. The summed E-state index contributed by atoms with van der Waals surface area (Å²) in [6, 6.07) is 3.48. The summed E-state index contributed by atoms with van der Waals surface area (Å²) in [5, 5.41) is 20.6. The molecule has 0 fully saturated rings. The molecule has 35 heavy (non-hydrogen) atoms. The molecule has 0 heterocycles. The van der Waals surface area contributed by atoms with E-state index in [9.17, 15) is 36.6 Å². The van der Waals surface area contributed by atoms with E-state index in [-0.39, 0.29) is 58.7 Å². The fourth-order valence-corrected chi connectivity index (χ4v) is 3.34. The van der Waals surface area contributed by atoms with Gasteiger partial charge in [0.25, 0.3) is 0 Å². The summed E-state index contributed by atoms with van der Waals surface area (Å²) >= 11 is 0. The zero-order valence-electron chi connectivity index (χ0n) is 19.8. The molecule has 0 aliphatic carbocycles. The molecule has 2 aromatic carbocycles. The first-order valence-electron chi connectivity index (χ1n) is 11.0. The monoisotopic (exact) mass is 502 g/mol. The van der Waals surface area contributed by atoms with E-state index in [0.717, 1.165) is 36.7 Å². The van der Waals surface area contributed by atoms with Gasteiger partial charge in [0.05, 0.1) is 11.1 Å². The van der Waals surface area contributed by atoms with Crippen molar-refractivity contribution in [2.75, 3.05) is 13.1 Å². The summed E-state index contributed by atoms with van der Waals surface area (Å²) in [5.74, 6) is -1.20. The number of halogens is 6. The van der Waals surface area contributed by atoms with E-state index in [4.69, 9.17) is 0 Å². The topological polar surface area (TPSA) is 65.2 Å². The third-order valence-corrected chi connectivity index (χ3v) is 5.27. The zero-order chi connectivity index (χ0) is 26.6. The average Bonchev–Trinajstić information content (AvgIpc) is 2.72. The number of hydrogen-bond acceptors (Lipinski definition) is 4. The molecule has 0 radical (unpaired) electrons. The second-order valence-electron chi connectivity index (χ2n) is 8.74. The second-order valence-corrected chi connectivity index (χ2v) is 8.74. The fourth-order valence-electron chi connectivity index (χ4n) is 3.34. The Labute approximate surface area is 200 Å². The highest BCUT2D eigenvalue weighted by molar-refractivity contribution is 5.85. The first-order valence-corrected chi connectivity index (χ1v) is 11.0. The van der Waals surface area contributed by atoms with Crippen LogP contribution in [0.5, 0.6) is 11.5 Å². The smallest absolute Gasteiger partial charge is 0.416 e. The van der Waals surface area contributed by atoms with Gasteiger partial charge in [0.15, 0.2) is 0 Å². The summed E-state index contributed by atoms with van der Waals surface area (Å²) in [5.41, 5.74) is -1.55. The molecule has 2 aromatic rings. The Kier molecular flexibility index (Phi) is 8.97. The normalized spacial score (nSPS) is 13.1. The molecule has 0 aliphatic heterocycles. The van der Waals surface area contributed by atoms with Crippen LogP contribution < -0.4 is 0 Å². The van der Waals surface area contributed by atoms with Gasteiger partial charge in [-0.05, 0) is 53.6 Å². The number of nitrogens with zero attached hydrogens (tertiary/aromatic N) is 2. The van der Waals surface area contributed by atoms with Gasteiger partial charge in [-0.15, -0.1) is 0 Å². The van der Waals surface area contributed by atoms with Crippen molar-refractivity contribution in [2.24, 2.45) is 9.98 Å². The van der Waals surface area contributed by atoms with E-state index in [1.54, 1.807) is 27.7 Å². The number of phenolic OH excluding ortho intramolecular Hbond substituents is 2. The van der Waals surface area contributed by atoms with Gasteiger partial charge < -0.3 is 10.2 Å². The van der Waals surface area contributed by atoms with Crippen LogP contribution in [0, 0.1) is 0 Å². The van der Waals surface area contributed by atoms with Crippen molar-refractivity contribution in [3.05, 3.63) is 57.6 Å². The highest BCUT2D eigenvalue weighted by atomic mass is 19.4. The third-order valence-electron chi connectivity index (χ3n) is 5.27. The van der Waals surface area contributed by atoms with Crippen LogP contribution in [-0.2, 0) is 12.4 Å². The van der Waals surface area contributed by atoms with E-state index in [1.807, 2.05) is 0 Å². The van der Waals surface area contributed by atoms with Crippen LogP contribution in [0.1, 0.15) is 79.3 Å². The predicted octanol–water partition coefficient (Wildman–Crippen LogP) is 7.31. The van der Waals surface area contributed by atoms with Gasteiger partial charge in [0, 0.05) is 36.6 Å². The Balaban J connectivity index is 2.10. The van der Waals surface area contributed by atoms with Crippen molar-refractivity contribution < 1.29 is 36.6 Å². The van der Waals surface area contributed by atoms with Crippen molar-refractivity contribution >= 4 is 12.4 Å². The van der Waals surface area contributed by atoms with Crippen molar-refractivity contribution in [1.29, 1.82) is 0 Å². The van der Waals surface area contributed by atoms with Gasteiger partial charge in [0.2, 0.25) is 0 Å². The summed E-state index contributed by atoms with van der Waals surface area (Å²) in [4.78, 5) is 8.10. The van der Waals surface area contributed by atoms with Gasteiger partial charge in [-0.25, -0.2) is 0 Å². The molecule has 0 aromatic heterocycles. The fraction of sp³-hybridized carbons (Fsp3) is 0.440. The average molecular weight is 502 g/mol.